The lowest BCUT2D eigenvalue weighted by Gasteiger charge is -2.15. The van der Waals surface area contributed by atoms with E-state index in [2.05, 4.69) is 19.6 Å². The minimum Gasteiger partial charge on any atom is -0.361 e. The highest BCUT2D eigenvalue weighted by Gasteiger charge is 2.15. The molecule has 0 bridgehead atoms. The summed E-state index contributed by atoms with van der Waals surface area (Å²) in [5.74, 6) is 0. The lowest BCUT2D eigenvalue weighted by Crippen LogP contribution is -2.26. The van der Waals surface area contributed by atoms with E-state index in [4.69, 9.17) is 4.74 Å². The van der Waals surface area contributed by atoms with E-state index in [0.717, 1.165) is 29.2 Å². The smallest absolute Gasteiger partial charge is 0.331 e. The second-order valence-corrected chi connectivity index (χ2v) is 12.4. The Bertz CT molecular complexity index is 680. The van der Waals surface area contributed by atoms with Gasteiger partial charge in [-0.2, -0.15) is 0 Å². The average molecular weight is 306 g/mol. The summed E-state index contributed by atoms with van der Waals surface area (Å²) in [4.78, 5) is 12.5. The zero-order valence-electron chi connectivity index (χ0n) is 13.8. The molecule has 0 amide bonds. The van der Waals surface area contributed by atoms with E-state index in [1.165, 1.54) is 0 Å². The number of nitrogens with zero attached hydrogens (tertiary/aromatic N) is 2. The fourth-order valence-electron chi connectivity index (χ4n) is 2.52. The molecular weight excluding hydrogens is 280 g/mol. The van der Waals surface area contributed by atoms with Gasteiger partial charge in [-0.15, -0.1) is 0 Å². The fourth-order valence-corrected chi connectivity index (χ4v) is 3.27. The number of imidazole rings is 1. The molecule has 2 rings (SSSR count). The first kappa shape index (κ1) is 16.0. The minimum absolute atomic E-state index is 0.0230. The molecule has 1 aromatic carbocycles. The average Bonchev–Trinajstić information content (AvgIpc) is 2.67. The second kappa shape index (κ2) is 6.20. The number of hydrogen-bond acceptors (Lipinski definition) is 2. The molecule has 0 unspecified atom stereocenters. The van der Waals surface area contributed by atoms with Crippen LogP contribution in [-0.2, 0) is 18.0 Å². The molecule has 0 fully saturated rings. The number of fused-ring (bicyclic) bond motifs is 1. The topological polar surface area (TPSA) is 36.2 Å². The molecule has 0 saturated heterocycles. The Kier molecular flexibility index (Phi) is 4.73. The molecule has 116 valence electrons. The van der Waals surface area contributed by atoms with Gasteiger partial charge in [0.1, 0.15) is 6.73 Å². The maximum Gasteiger partial charge on any atom is 0.331 e. The molecule has 1 heterocycles. The number of hydrogen-bond donors (Lipinski definition) is 0. The van der Waals surface area contributed by atoms with Crippen LogP contribution in [0.25, 0.3) is 11.0 Å². The first-order chi connectivity index (χ1) is 9.85. The number of aryl methyl sites for hydroxylation is 2. The third kappa shape index (κ3) is 3.47. The van der Waals surface area contributed by atoms with Gasteiger partial charge in [-0.25, -0.2) is 4.79 Å². The molecule has 0 N–H and O–H groups in total. The van der Waals surface area contributed by atoms with Crippen molar-refractivity contribution in [1.82, 2.24) is 9.13 Å². The Labute approximate surface area is 127 Å². The van der Waals surface area contributed by atoms with Crippen LogP contribution in [0.5, 0.6) is 0 Å². The lowest BCUT2D eigenvalue weighted by molar-refractivity contribution is 0.0871. The van der Waals surface area contributed by atoms with Gasteiger partial charge in [0, 0.05) is 21.2 Å². The van der Waals surface area contributed by atoms with Crippen LogP contribution >= 0.6 is 0 Å². The van der Waals surface area contributed by atoms with Gasteiger partial charge in [0.15, 0.2) is 0 Å². The van der Waals surface area contributed by atoms with E-state index in [9.17, 15) is 4.79 Å². The largest absolute Gasteiger partial charge is 0.361 e. The third-order valence-electron chi connectivity index (χ3n) is 3.77. The predicted molar refractivity (Wildman–Crippen MR) is 90.7 cm³/mol. The van der Waals surface area contributed by atoms with Crippen molar-refractivity contribution in [3.05, 3.63) is 34.2 Å². The Morgan fingerprint density at radius 1 is 1.19 bits per heavy atom. The van der Waals surface area contributed by atoms with Crippen molar-refractivity contribution < 1.29 is 4.74 Å². The normalized spacial score (nSPS) is 12.2. The van der Waals surface area contributed by atoms with Crippen molar-refractivity contribution >= 4 is 19.1 Å². The summed E-state index contributed by atoms with van der Waals surface area (Å²) in [6, 6.07) is 7.17. The van der Waals surface area contributed by atoms with Gasteiger partial charge in [0.2, 0.25) is 0 Å². The lowest BCUT2D eigenvalue weighted by atomic mass is 10.2. The quantitative estimate of drug-likeness (QED) is 0.605. The highest BCUT2D eigenvalue weighted by Crippen LogP contribution is 2.18. The molecular formula is C16H26N2O2Si. The van der Waals surface area contributed by atoms with E-state index in [1.54, 1.807) is 4.57 Å². The van der Waals surface area contributed by atoms with Gasteiger partial charge in [-0.3, -0.25) is 9.13 Å². The summed E-state index contributed by atoms with van der Waals surface area (Å²) in [5, 5.41) is 0. The van der Waals surface area contributed by atoms with Crippen LogP contribution in [0.3, 0.4) is 0 Å². The number of aromatic nitrogens is 2. The van der Waals surface area contributed by atoms with E-state index in [-0.39, 0.29) is 5.69 Å². The summed E-state index contributed by atoms with van der Waals surface area (Å²) >= 11 is 0. The van der Waals surface area contributed by atoms with Gasteiger partial charge in [0.05, 0.1) is 11.0 Å². The molecule has 0 aliphatic rings. The summed E-state index contributed by atoms with van der Waals surface area (Å²) < 4.78 is 9.35. The van der Waals surface area contributed by atoms with Gasteiger partial charge < -0.3 is 4.74 Å². The maximum absolute atomic E-state index is 12.5. The van der Waals surface area contributed by atoms with Crippen molar-refractivity contribution in [1.29, 1.82) is 0 Å². The predicted octanol–water partition coefficient (Wildman–Crippen LogP) is 3.44. The zero-order valence-corrected chi connectivity index (χ0v) is 14.8. The first-order valence-corrected chi connectivity index (χ1v) is 11.3. The Morgan fingerprint density at radius 2 is 1.90 bits per heavy atom. The molecule has 0 aliphatic heterocycles. The molecule has 0 spiro atoms. The van der Waals surface area contributed by atoms with Crippen LogP contribution in [0.4, 0.5) is 0 Å². The van der Waals surface area contributed by atoms with Gasteiger partial charge in [-0.05, 0) is 31.5 Å². The Hall–Kier alpha value is -1.33. The monoisotopic (exact) mass is 306 g/mol. The number of rotatable bonds is 6. The molecule has 0 saturated carbocycles. The molecule has 0 aliphatic carbocycles. The Morgan fingerprint density at radius 3 is 2.52 bits per heavy atom. The third-order valence-corrected chi connectivity index (χ3v) is 5.48. The van der Waals surface area contributed by atoms with E-state index in [1.807, 2.05) is 36.6 Å². The Balaban J connectivity index is 2.27. The van der Waals surface area contributed by atoms with Crippen LogP contribution in [0.1, 0.15) is 12.5 Å². The first-order valence-electron chi connectivity index (χ1n) is 7.61. The van der Waals surface area contributed by atoms with Crippen molar-refractivity contribution in [2.24, 2.45) is 0 Å². The number of para-hydroxylation sites is 1. The number of ether oxygens (including phenoxy) is 1. The van der Waals surface area contributed by atoms with Gasteiger partial charge in [-0.1, -0.05) is 31.8 Å². The standard InChI is InChI=1S/C16H26N2O2Si/c1-6-17-14-9-7-8-13(2)15(14)18(16(17)19)12-20-10-11-21(3,4)5/h7-9H,6,10-12H2,1-5H3. The van der Waals surface area contributed by atoms with Crippen molar-refractivity contribution in [2.75, 3.05) is 6.61 Å². The molecule has 21 heavy (non-hydrogen) atoms. The van der Waals surface area contributed by atoms with Crippen LogP contribution in [-0.4, -0.2) is 23.8 Å². The van der Waals surface area contributed by atoms with Crippen LogP contribution in [0, 0.1) is 6.92 Å². The maximum atomic E-state index is 12.5. The van der Waals surface area contributed by atoms with Crippen LogP contribution in [0.2, 0.25) is 25.7 Å². The van der Waals surface area contributed by atoms with Gasteiger partial charge in [0.25, 0.3) is 0 Å². The molecule has 2 aromatic rings. The zero-order chi connectivity index (χ0) is 15.6. The minimum atomic E-state index is -1.09. The highest BCUT2D eigenvalue weighted by molar-refractivity contribution is 6.76. The van der Waals surface area contributed by atoms with E-state index >= 15 is 0 Å². The van der Waals surface area contributed by atoms with Crippen molar-refractivity contribution in [2.45, 2.75) is 52.8 Å². The summed E-state index contributed by atoms with van der Waals surface area (Å²) in [6.07, 6.45) is 0. The second-order valence-electron chi connectivity index (χ2n) is 6.75. The summed E-state index contributed by atoms with van der Waals surface area (Å²) in [5.41, 5.74) is 3.13. The molecule has 1 aromatic heterocycles. The molecule has 5 heteroatoms. The van der Waals surface area contributed by atoms with Crippen molar-refractivity contribution in [3.63, 3.8) is 0 Å². The summed E-state index contributed by atoms with van der Waals surface area (Å²) in [6.45, 7) is 12.8. The van der Waals surface area contributed by atoms with Crippen molar-refractivity contribution in [3.8, 4) is 0 Å². The highest BCUT2D eigenvalue weighted by atomic mass is 28.3. The molecule has 0 atom stereocenters. The summed E-state index contributed by atoms with van der Waals surface area (Å²) in [7, 11) is -1.09. The number of benzene rings is 1. The van der Waals surface area contributed by atoms with E-state index in [0.29, 0.717) is 13.3 Å². The van der Waals surface area contributed by atoms with Crippen LogP contribution < -0.4 is 5.69 Å². The fraction of sp³-hybridized carbons (Fsp3) is 0.562. The molecule has 4 nitrogen and oxygen atoms in total. The van der Waals surface area contributed by atoms with Crippen LogP contribution in [0.15, 0.2) is 23.0 Å². The van der Waals surface area contributed by atoms with E-state index < -0.39 is 8.07 Å². The SMILES string of the molecule is CCn1c(=O)n(COCC[Si](C)(C)C)c2c(C)cccc21. The molecule has 0 radical (unpaired) electrons. The van der Waals surface area contributed by atoms with Gasteiger partial charge >= 0.3 is 5.69 Å².